The van der Waals surface area contributed by atoms with Crippen molar-refractivity contribution in [3.63, 3.8) is 0 Å². The molecule has 2 N–H and O–H groups in total. The van der Waals surface area contributed by atoms with Gasteiger partial charge < -0.3 is 19.6 Å². The van der Waals surface area contributed by atoms with Crippen LogP contribution in [-0.2, 0) is 4.89 Å². The monoisotopic (exact) mass is 328 g/mol. The summed E-state index contributed by atoms with van der Waals surface area (Å²) in [5.74, 6) is -0.767. The van der Waals surface area contributed by atoms with Gasteiger partial charge in [0, 0.05) is 6.07 Å². The Kier molecular flexibility index (Phi) is 10.4. The van der Waals surface area contributed by atoms with Crippen LogP contribution in [0, 0.1) is 5.82 Å². The molecule has 130 valence electrons. The standard InChI is InChI=1S/C16H26BFO5/c1-2-3-4-5-6-7-8-9-12-21-23-16-11-10-14(13-15(16)18)22-17(19)20/h10-11,13,19-20H,2-9,12H2,1H3. The fourth-order valence-electron chi connectivity index (χ4n) is 2.14. The lowest BCUT2D eigenvalue weighted by molar-refractivity contribution is -0.209. The summed E-state index contributed by atoms with van der Waals surface area (Å²) in [7, 11) is -1.99. The van der Waals surface area contributed by atoms with Crippen molar-refractivity contribution in [1.82, 2.24) is 0 Å². The zero-order chi connectivity index (χ0) is 16.9. The summed E-state index contributed by atoms with van der Waals surface area (Å²) in [4.78, 5) is 9.89. The van der Waals surface area contributed by atoms with Gasteiger partial charge in [0.05, 0.1) is 6.61 Å². The first-order valence-corrected chi connectivity index (χ1v) is 8.25. The summed E-state index contributed by atoms with van der Waals surface area (Å²) in [6, 6.07) is 3.66. The molecule has 0 saturated carbocycles. The van der Waals surface area contributed by atoms with Gasteiger partial charge in [-0.2, -0.15) is 4.89 Å². The molecule has 0 atom stereocenters. The maximum absolute atomic E-state index is 13.6. The second kappa shape index (κ2) is 12.2. The minimum atomic E-state index is -1.99. The Hall–Kier alpha value is -1.31. The van der Waals surface area contributed by atoms with Crippen molar-refractivity contribution in [1.29, 1.82) is 0 Å². The van der Waals surface area contributed by atoms with Gasteiger partial charge in [-0.25, -0.2) is 4.39 Å². The van der Waals surface area contributed by atoms with Crippen LogP contribution in [0.5, 0.6) is 11.5 Å². The maximum atomic E-state index is 13.6. The molecule has 0 fully saturated rings. The molecule has 1 aromatic rings. The average Bonchev–Trinajstić information content (AvgIpc) is 2.50. The summed E-state index contributed by atoms with van der Waals surface area (Å²) in [6.07, 6.45) is 9.52. The quantitative estimate of drug-likeness (QED) is 0.250. The maximum Gasteiger partial charge on any atom is 0.707 e. The molecule has 7 heteroatoms. The van der Waals surface area contributed by atoms with E-state index in [0.29, 0.717) is 6.61 Å². The van der Waals surface area contributed by atoms with Gasteiger partial charge in [0.1, 0.15) is 5.75 Å². The molecule has 23 heavy (non-hydrogen) atoms. The first kappa shape index (κ1) is 19.7. The Morgan fingerprint density at radius 2 is 1.65 bits per heavy atom. The third-order valence-corrected chi connectivity index (χ3v) is 3.37. The molecule has 0 unspecified atom stereocenters. The molecule has 0 aliphatic carbocycles. The molecule has 0 radical (unpaired) electrons. The highest BCUT2D eigenvalue weighted by Gasteiger charge is 2.13. The number of rotatable bonds is 13. The van der Waals surface area contributed by atoms with Gasteiger partial charge in [-0.05, 0) is 18.6 Å². The lowest BCUT2D eigenvalue weighted by Gasteiger charge is -2.08. The number of hydrogen-bond donors (Lipinski definition) is 2. The fraction of sp³-hybridized carbons (Fsp3) is 0.625. The molecule has 0 aromatic heterocycles. The third-order valence-electron chi connectivity index (χ3n) is 3.37. The van der Waals surface area contributed by atoms with Crippen LogP contribution in [0.3, 0.4) is 0 Å². The van der Waals surface area contributed by atoms with E-state index in [0.717, 1.165) is 18.9 Å². The SMILES string of the molecule is CCCCCCCCCCOOc1ccc(OB(O)O)cc1F. The van der Waals surface area contributed by atoms with Crippen LogP contribution in [-0.4, -0.2) is 24.0 Å². The van der Waals surface area contributed by atoms with Gasteiger partial charge >= 0.3 is 7.32 Å². The predicted molar refractivity (Wildman–Crippen MR) is 86.4 cm³/mol. The van der Waals surface area contributed by atoms with Crippen molar-refractivity contribution >= 4 is 7.32 Å². The predicted octanol–water partition coefficient (Wildman–Crippen LogP) is 3.63. The fourth-order valence-corrected chi connectivity index (χ4v) is 2.14. The van der Waals surface area contributed by atoms with Gasteiger partial charge in [0.15, 0.2) is 5.82 Å². The molecule has 1 aromatic carbocycles. The van der Waals surface area contributed by atoms with Gasteiger partial charge in [-0.15, -0.1) is 0 Å². The largest absolute Gasteiger partial charge is 0.707 e. The van der Waals surface area contributed by atoms with E-state index in [2.05, 4.69) is 11.6 Å². The third kappa shape index (κ3) is 9.43. The van der Waals surface area contributed by atoms with E-state index in [-0.39, 0.29) is 11.5 Å². The van der Waals surface area contributed by atoms with E-state index in [1.807, 2.05) is 0 Å². The van der Waals surface area contributed by atoms with Crippen molar-refractivity contribution in [3.05, 3.63) is 24.0 Å². The van der Waals surface area contributed by atoms with Crippen LogP contribution >= 0.6 is 0 Å². The zero-order valence-corrected chi connectivity index (χ0v) is 13.7. The Morgan fingerprint density at radius 1 is 1.00 bits per heavy atom. The molecule has 0 spiro atoms. The number of halogens is 1. The highest BCUT2D eigenvalue weighted by atomic mass is 19.1. The Bertz CT molecular complexity index is 431. The van der Waals surface area contributed by atoms with Crippen LogP contribution < -0.4 is 9.54 Å². The minimum absolute atomic E-state index is 0.00655. The van der Waals surface area contributed by atoms with E-state index in [4.69, 9.17) is 19.8 Å². The van der Waals surface area contributed by atoms with Crippen LogP contribution in [0.15, 0.2) is 18.2 Å². The molecule has 1 rings (SSSR count). The molecule has 0 saturated heterocycles. The van der Waals surface area contributed by atoms with Crippen molar-refractivity contribution in [2.45, 2.75) is 58.3 Å². The highest BCUT2D eigenvalue weighted by Crippen LogP contribution is 2.23. The molecule has 0 aliphatic heterocycles. The number of unbranched alkanes of at least 4 members (excludes halogenated alkanes) is 7. The summed E-state index contributed by atoms with van der Waals surface area (Å²) in [5, 5.41) is 17.3. The Morgan fingerprint density at radius 3 is 2.26 bits per heavy atom. The molecule has 0 amide bonds. The first-order chi connectivity index (χ1) is 11.1. The highest BCUT2D eigenvalue weighted by molar-refractivity contribution is 6.33. The molecule has 0 aliphatic rings. The Labute approximate surface area is 137 Å². The smallest absolute Gasteiger partial charge is 0.512 e. The lowest BCUT2D eigenvalue weighted by atomic mass is 10.1. The van der Waals surface area contributed by atoms with Crippen molar-refractivity contribution in [2.75, 3.05) is 6.61 Å². The molecular formula is C16H26BFO5. The summed E-state index contributed by atoms with van der Waals surface area (Å²) >= 11 is 0. The lowest BCUT2D eigenvalue weighted by Crippen LogP contribution is -2.20. The van der Waals surface area contributed by atoms with Crippen molar-refractivity contribution in [2.24, 2.45) is 0 Å². The minimum Gasteiger partial charge on any atom is -0.512 e. The molecule has 5 nitrogen and oxygen atoms in total. The van der Waals surface area contributed by atoms with E-state index >= 15 is 0 Å². The second-order valence-electron chi connectivity index (χ2n) is 5.42. The normalized spacial score (nSPS) is 10.6. The van der Waals surface area contributed by atoms with Crippen LogP contribution in [0.2, 0.25) is 0 Å². The van der Waals surface area contributed by atoms with E-state index in [9.17, 15) is 4.39 Å². The topological polar surface area (TPSA) is 68.2 Å². The van der Waals surface area contributed by atoms with Gasteiger partial charge in [-0.1, -0.05) is 51.9 Å². The average molecular weight is 328 g/mol. The van der Waals surface area contributed by atoms with Gasteiger partial charge in [0.25, 0.3) is 0 Å². The number of hydrogen-bond acceptors (Lipinski definition) is 5. The summed E-state index contributed by atoms with van der Waals surface area (Å²) < 4.78 is 18.2. The van der Waals surface area contributed by atoms with Gasteiger partial charge in [0.2, 0.25) is 5.75 Å². The van der Waals surface area contributed by atoms with Crippen LogP contribution in [0.1, 0.15) is 58.3 Å². The summed E-state index contributed by atoms with van der Waals surface area (Å²) in [6.45, 7) is 2.61. The summed E-state index contributed by atoms with van der Waals surface area (Å²) in [5.41, 5.74) is 0. The number of benzene rings is 1. The van der Waals surface area contributed by atoms with E-state index in [1.165, 1.54) is 50.7 Å². The van der Waals surface area contributed by atoms with Gasteiger partial charge in [-0.3, -0.25) is 0 Å². The van der Waals surface area contributed by atoms with E-state index < -0.39 is 13.1 Å². The molecule has 0 heterocycles. The molecular weight excluding hydrogens is 302 g/mol. The second-order valence-corrected chi connectivity index (χ2v) is 5.42. The van der Waals surface area contributed by atoms with Crippen LogP contribution in [0.4, 0.5) is 4.39 Å². The van der Waals surface area contributed by atoms with Crippen molar-refractivity contribution in [3.8, 4) is 11.5 Å². The van der Waals surface area contributed by atoms with Crippen molar-refractivity contribution < 1.29 is 28.9 Å². The zero-order valence-electron chi connectivity index (χ0n) is 13.7. The van der Waals surface area contributed by atoms with Crippen LogP contribution in [0.25, 0.3) is 0 Å². The van der Waals surface area contributed by atoms with E-state index in [1.54, 1.807) is 0 Å². The molecule has 0 bridgehead atoms. The Balaban J connectivity index is 2.09. The first-order valence-electron chi connectivity index (χ1n) is 8.25.